The zero-order chi connectivity index (χ0) is 19.3. The van der Waals surface area contributed by atoms with Crippen molar-refractivity contribution in [3.05, 3.63) is 78.6 Å². The minimum Gasteiger partial charge on any atom is -0.492 e. The molecule has 2 aromatic carbocycles. The molecule has 2 aromatic heterocycles. The lowest BCUT2D eigenvalue weighted by Gasteiger charge is -2.21. The molecule has 4 rings (SSSR count). The standard InChI is InChI=1S/C23H22N4O/c1-17-10-11-20-21(15-17)25-22(18-7-6-12-24-16-18)26-23(20)27(2)13-14-28-19-8-4-3-5-9-19/h3-12,15-16H,13-14H2,1-2H3. The summed E-state index contributed by atoms with van der Waals surface area (Å²) in [7, 11) is 2.03. The summed E-state index contributed by atoms with van der Waals surface area (Å²) in [6.45, 7) is 3.35. The summed E-state index contributed by atoms with van der Waals surface area (Å²) in [5.74, 6) is 2.44. The molecule has 2 heterocycles. The predicted molar refractivity (Wildman–Crippen MR) is 113 cm³/mol. The van der Waals surface area contributed by atoms with Gasteiger partial charge in [-0.2, -0.15) is 0 Å². The third kappa shape index (κ3) is 3.93. The zero-order valence-corrected chi connectivity index (χ0v) is 16.0. The molecule has 0 N–H and O–H groups in total. The number of benzene rings is 2. The number of hydrogen-bond acceptors (Lipinski definition) is 5. The number of nitrogens with zero attached hydrogens (tertiary/aromatic N) is 4. The number of ether oxygens (including phenoxy) is 1. The van der Waals surface area contributed by atoms with Gasteiger partial charge in [0.1, 0.15) is 18.2 Å². The number of anilines is 1. The van der Waals surface area contributed by atoms with Crippen molar-refractivity contribution in [2.45, 2.75) is 6.92 Å². The first kappa shape index (κ1) is 17.9. The predicted octanol–water partition coefficient (Wildman–Crippen LogP) is 4.52. The van der Waals surface area contributed by atoms with E-state index in [0.29, 0.717) is 19.0 Å². The SMILES string of the molecule is Cc1ccc2c(N(C)CCOc3ccccc3)nc(-c3cccnc3)nc2c1. The fourth-order valence-electron chi connectivity index (χ4n) is 3.06. The molecule has 0 radical (unpaired) electrons. The molecule has 0 bridgehead atoms. The Balaban J connectivity index is 1.64. The maximum absolute atomic E-state index is 5.85. The molecule has 0 aliphatic heterocycles. The van der Waals surface area contributed by atoms with Gasteiger partial charge in [-0.05, 0) is 48.9 Å². The molecule has 140 valence electrons. The summed E-state index contributed by atoms with van der Waals surface area (Å²) in [6, 6.07) is 20.0. The van der Waals surface area contributed by atoms with Gasteiger partial charge in [-0.15, -0.1) is 0 Å². The number of aromatic nitrogens is 3. The van der Waals surface area contributed by atoms with Gasteiger partial charge < -0.3 is 9.64 Å². The molecule has 0 aliphatic carbocycles. The van der Waals surface area contributed by atoms with Gasteiger partial charge in [0.2, 0.25) is 0 Å². The fourth-order valence-corrected chi connectivity index (χ4v) is 3.06. The summed E-state index contributed by atoms with van der Waals surface area (Å²) < 4.78 is 5.85. The summed E-state index contributed by atoms with van der Waals surface area (Å²) in [5, 5.41) is 1.03. The first-order valence-electron chi connectivity index (χ1n) is 9.28. The highest BCUT2D eigenvalue weighted by atomic mass is 16.5. The quantitative estimate of drug-likeness (QED) is 0.500. The summed E-state index contributed by atoms with van der Waals surface area (Å²) >= 11 is 0. The number of para-hydroxylation sites is 1. The third-order valence-corrected chi connectivity index (χ3v) is 4.55. The average Bonchev–Trinajstić information content (AvgIpc) is 2.74. The molecule has 5 nitrogen and oxygen atoms in total. The summed E-state index contributed by atoms with van der Waals surface area (Å²) in [4.78, 5) is 15.9. The third-order valence-electron chi connectivity index (χ3n) is 4.55. The van der Waals surface area contributed by atoms with E-state index >= 15 is 0 Å². The van der Waals surface area contributed by atoms with Crippen LogP contribution in [0.1, 0.15) is 5.56 Å². The van der Waals surface area contributed by atoms with Crippen molar-refractivity contribution < 1.29 is 4.74 Å². The highest BCUT2D eigenvalue weighted by Crippen LogP contribution is 2.27. The van der Waals surface area contributed by atoms with Gasteiger partial charge in [0, 0.05) is 30.4 Å². The van der Waals surface area contributed by atoms with Crippen molar-refractivity contribution >= 4 is 16.7 Å². The van der Waals surface area contributed by atoms with Crippen molar-refractivity contribution in [1.29, 1.82) is 0 Å². The smallest absolute Gasteiger partial charge is 0.163 e. The summed E-state index contributed by atoms with van der Waals surface area (Å²) in [5.41, 5.74) is 3.00. The number of hydrogen-bond donors (Lipinski definition) is 0. The minimum absolute atomic E-state index is 0.570. The van der Waals surface area contributed by atoms with Crippen LogP contribution in [0, 0.1) is 6.92 Å². The molecule has 0 saturated heterocycles. The van der Waals surface area contributed by atoms with Crippen LogP contribution in [0.5, 0.6) is 5.75 Å². The Kier molecular flexibility index (Phi) is 5.15. The van der Waals surface area contributed by atoms with Crippen molar-refractivity contribution in [1.82, 2.24) is 15.0 Å². The van der Waals surface area contributed by atoms with Crippen LogP contribution in [0.15, 0.2) is 73.1 Å². The van der Waals surface area contributed by atoms with Crippen LogP contribution in [0.25, 0.3) is 22.3 Å². The van der Waals surface area contributed by atoms with Gasteiger partial charge in [-0.3, -0.25) is 4.98 Å². The Morgan fingerprint density at radius 1 is 0.964 bits per heavy atom. The molecule has 0 unspecified atom stereocenters. The Labute approximate surface area is 164 Å². The van der Waals surface area contributed by atoms with Crippen molar-refractivity contribution in [3.8, 4) is 17.1 Å². The number of aryl methyl sites for hydroxylation is 1. The second-order valence-electron chi connectivity index (χ2n) is 6.72. The van der Waals surface area contributed by atoms with Crippen LogP contribution in [-0.4, -0.2) is 35.2 Å². The Morgan fingerprint density at radius 3 is 2.61 bits per heavy atom. The van der Waals surface area contributed by atoms with Gasteiger partial charge in [0.25, 0.3) is 0 Å². The lowest BCUT2D eigenvalue weighted by molar-refractivity contribution is 0.326. The molecular formula is C23H22N4O. The van der Waals surface area contributed by atoms with E-state index in [1.54, 1.807) is 12.4 Å². The van der Waals surface area contributed by atoms with E-state index in [1.807, 2.05) is 49.5 Å². The normalized spacial score (nSPS) is 10.8. The van der Waals surface area contributed by atoms with Crippen LogP contribution in [0.3, 0.4) is 0 Å². The van der Waals surface area contributed by atoms with E-state index in [2.05, 4.69) is 35.0 Å². The molecule has 5 heteroatoms. The van der Waals surface area contributed by atoms with Crippen LogP contribution in [0.2, 0.25) is 0 Å². The molecule has 0 atom stereocenters. The van der Waals surface area contributed by atoms with Crippen molar-refractivity contribution in [3.63, 3.8) is 0 Å². The summed E-state index contributed by atoms with van der Waals surface area (Å²) in [6.07, 6.45) is 3.54. The molecular weight excluding hydrogens is 348 g/mol. The molecule has 4 aromatic rings. The lowest BCUT2D eigenvalue weighted by atomic mass is 10.1. The van der Waals surface area contributed by atoms with E-state index in [9.17, 15) is 0 Å². The first-order valence-corrected chi connectivity index (χ1v) is 9.28. The average molecular weight is 370 g/mol. The molecule has 0 spiro atoms. The van der Waals surface area contributed by atoms with Crippen molar-refractivity contribution in [2.75, 3.05) is 25.1 Å². The van der Waals surface area contributed by atoms with E-state index in [4.69, 9.17) is 14.7 Å². The number of pyridine rings is 1. The van der Waals surface area contributed by atoms with Gasteiger partial charge >= 0.3 is 0 Å². The van der Waals surface area contributed by atoms with Crippen molar-refractivity contribution in [2.24, 2.45) is 0 Å². The van der Waals surface area contributed by atoms with E-state index in [1.165, 1.54) is 5.56 Å². The maximum Gasteiger partial charge on any atom is 0.163 e. The van der Waals surface area contributed by atoms with Gasteiger partial charge in [0.15, 0.2) is 5.82 Å². The Hall–Kier alpha value is -3.47. The monoisotopic (exact) mass is 370 g/mol. The second kappa shape index (κ2) is 8.05. The number of likely N-dealkylation sites (N-methyl/N-ethyl adjacent to an activating group) is 1. The largest absolute Gasteiger partial charge is 0.492 e. The topological polar surface area (TPSA) is 51.1 Å². The molecule has 0 fully saturated rings. The van der Waals surface area contributed by atoms with Gasteiger partial charge in [-0.25, -0.2) is 9.97 Å². The second-order valence-corrected chi connectivity index (χ2v) is 6.72. The maximum atomic E-state index is 5.85. The van der Waals surface area contributed by atoms with E-state index in [0.717, 1.165) is 28.0 Å². The van der Waals surface area contributed by atoms with Crippen LogP contribution in [-0.2, 0) is 0 Å². The number of fused-ring (bicyclic) bond motifs is 1. The molecule has 0 saturated carbocycles. The Morgan fingerprint density at radius 2 is 1.82 bits per heavy atom. The van der Waals surface area contributed by atoms with Gasteiger partial charge in [-0.1, -0.05) is 24.3 Å². The molecule has 0 amide bonds. The van der Waals surface area contributed by atoms with E-state index in [-0.39, 0.29) is 0 Å². The molecule has 0 aliphatic rings. The van der Waals surface area contributed by atoms with E-state index < -0.39 is 0 Å². The van der Waals surface area contributed by atoms with Crippen LogP contribution in [0.4, 0.5) is 5.82 Å². The Bertz CT molecular complexity index is 1070. The molecule has 28 heavy (non-hydrogen) atoms. The zero-order valence-electron chi connectivity index (χ0n) is 16.0. The van der Waals surface area contributed by atoms with Gasteiger partial charge in [0.05, 0.1) is 12.1 Å². The van der Waals surface area contributed by atoms with Crippen LogP contribution < -0.4 is 9.64 Å². The highest BCUT2D eigenvalue weighted by Gasteiger charge is 2.13. The first-order chi connectivity index (χ1) is 13.7. The minimum atomic E-state index is 0.570. The van der Waals surface area contributed by atoms with Crippen LogP contribution >= 0.6 is 0 Å². The lowest BCUT2D eigenvalue weighted by Crippen LogP contribution is -2.25. The highest BCUT2D eigenvalue weighted by molar-refractivity contribution is 5.91. The number of rotatable bonds is 6. The fraction of sp³-hybridized carbons (Fsp3) is 0.174.